The highest BCUT2D eigenvalue weighted by Crippen LogP contribution is 2.45. The van der Waals surface area contributed by atoms with Gasteiger partial charge in [0.2, 0.25) is 0 Å². The summed E-state index contributed by atoms with van der Waals surface area (Å²) in [6.07, 6.45) is 1.18. The molecule has 98 valence electrons. The van der Waals surface area contributed by atoms with Gasteiger partial charge >= 0.3 is 0 Å². The summed E-state index contributed by atoms with van der Waals surface area (Å²) in [4.78, 5) is 2.23. The second kappa shape index (κ2) is 4.25. The van der Waals surface area contributed by atoms with Crippen molar-refractivity contribution in [1.29, 1.82) is 0 Å². The molecular formula is C13H14BrF2NO. The molecule has 0 amide bonds. The van der Waals surface area contributed by atoms with E-state index in [-0.39, 0.29) is 16.0 Å². The Balaban J connectivity index is 2.11. The van der Waals surface area contributed by atoms with Crippen molar-refractivity contribution in [2.24, 2.45) is 5.92 Å². The highest BCUT2D eigenvalue weighted by atomic mass is 79.9. The highest BCUT2D eigenvalue weighted by Gasteiger charge is 2.48. The third-order valence-electron chi connectivity index (χ3n) is 4.23. The third-order valence-corrected chi connectivity index (χ3v) is 4.85. The number of piperidine rings is 1. The summed E-state index contributed by atoms with van der Waals surface area (Å²) < 4.78 is 28.3. The zero-order valence-electron chi connectivity index (χ0n) is 9.80. The lowest BCUT2D eigenvalue weighted by Gasteiger charge is -2.39. The Hall–Kier alpha value is -0.520. The molecule has 18 heavy (non-hydrogen) atoms. The zero-order valence-corrected chi connectivity index (χ0v) is 11.4. The minimum Gasteiger partial charge on any atom is -0.385 e. The van der Waals surface area contributed by atoms with Crippen LogP contribution >= 0.6 is 15.9 Å². The molecule has 5 heteroatoms. The van der Waals surface area contributed by atoms with Gasteiger partial charge in [-0.1, -0.05) is 0 Å². The van der Waals surface area contributed by atoms with Crippen LogP contribution in [0.2, 0.25) is 0 Å². The van der Waals surface area contributed by atoms with Gasteiger partial charge in [-0.2, -0.15) is 0 Å². The average Bonchev–Trinajstić information content (AvgIpc) is 2.75. The van der Waals surface area contributed by atoms with Gasteiger partial charge in [0.25, 0.3) is 0 Å². The molecule has 1 aromatic rings. The molecule has 2 aliphatic heterocycles. The minimum absolute atomic E-state index is 0.0791. The van der Waals surface area contributed by atoms with Gasteiger partial charge in [0, 0.05) is 19.0 Å². The Labute approximate surface area is 113 Å². The molecule has 1 N–H and O–H groups in total. The van der Waals surface area contributed by atoms with Gasteiger partial charge in [0.15, 0.2) is 0 Å². The van der Waals surface area contributed by atoms with Crippen LogP contribution in [-0.2, 0) is 5.60 Å². The van der Waals surface area contributed by atoms with Crippen molar-refractivity contribution in [3.8, 4) is 0 Å². The molecule has 3 atom stereocenters. The van der Waals surface area contributed by atoms with E-state index in [9.17, 15) is 13.9 Å². The third kappa shape index (κ3) is 1.72. The van der Waals surface area contributed by atoms with E-state index in [4.69, 9.17) is 0 Å². The van der Waals surface area contributed by atoms with Crippen molar-refractivity contribution in [2.45, 2.75) is 18.4 Å². The molecule has 1 aromatic carbocycles. The molecule has 3 rings (SSSR count). The van der Waals surface area contributed by atoms with Gasteiger partial charge in [0.05, 0.1) is 10.0 Å². The van der Waals surface area contributed by atoms with E-state index in [1.165, 1.54) is 12.1 Å². The lowest BCUT2D eigenvalue weighted by Crippen LogP contribution is -2.45. The number of halogens is 3. The largest absolute Gasteiger partial charge is 0.385 e. The topological polar surface area (TPSA) is 23.5 Å². The Kier molecular flexibility index (Phi) is 2.95. The highest BCUT2D eigenvalue weighted by molar-refractivity contribution is 9.10. The molecule has 2 bridgehead atoms. The van der Waals surface area contributed by atoms with Crippen molar-refractivity contribution in [3.63, 3.8) is 0 Å². The summed E-state index contributed by atoms with van der Waals surface area (Å²) in [7, 11) is 0. The van der Waals surface area contributed by atoms with Crippen molar-refractivity contribution < 1.29 is 13.9 Å². The molecule has 2 fully saturated rings. The number of hydrogen-bond donors (Lipinski definition) is 1. The van der Waals surface area contributed by atoms with E-state index < -0.39 is 17.2 Å². The summed E-state index contributed by atoms with van der Waals surface area (Å²) in [5, 5.41) is 10.8. The Morgan fingerprint density at radius 3 is 2.89 bits per heavy atom. The number of aliphatic hydroxyl groups is 1. The summed E-state index contributed by atoms with van der Waals surface area (Å²) in [6, 6.07) is 2.54. The summed E-state index contributed by atoms with van der Waals surface area (Å²) >= 11 is 3.06. The van der Waals surface area contributed by atoms with Crippen LogP contribution in [0.25, 0.3) is 0 Å². The summed E-state index contributed by atoms with van der Waals surface area (Å²) in [6.45, 7) is 2.32. The number of rotatable bonds is 1. The van der Waals surface area contributed by atoms with Gasteiger partial charge in [-0.05, 0) is 47.4 Å². The molecule has 0 aromatic heterocycles. The van der Waals surface area contributed by atoms with E-state index in [2.05, 4.69) is 20.8 Å². The van der Waals surface area contributed by atoms with Crippen LogP contribution in [0.1, 0.15) is 18.4 Å². The number of fused-ring (bicyclic) bond motifs is 2. The molecule has 2 heterocycles. The predicted molar refractivity (Wildman–Crippen MR) is 67.1 cm³/mol. The van der Waals surface area contributed by atoms with Gasteiger partial charge in [-0.15, -0.1) is 0 Å². The second-order valence-electron chi connectivity index (χ2n) is 5.18. The summed E-state index contributed by atoms with van der Waals surface area (Å²) in [5.74, 6) is -1.40. The van der Waals surface area contributed by atoms with Crippen LogP contribution < -0.4 is 0 Å². The first-order valence-corrected chi connectivity index (χ1v) is 6.90. The van der Waals surface area contributed by atoms with Crippen LogP contribution in [-0.4, -0.2) is 29.6 Å². The monoisotopic (exact) mass is 317 g/mol. The Bertz CT molecular complexity index is 496. The SMILES string of the molecule is OC1(c2c(F)ccc(Br)c2F)CCN2CCC1C2. The fourth-order valence-electron chi connectivity index (χ4n) is 3.21. The minimum atomic E-state index is -1.37. The first kappa shape index (κ1) is 12.5. The lowest BCUT2D eigenvalue weighted by atomic mass is 9.76. The van der Waals surface area contributed by atoms with Crippen LogP contribution in [0.5, 0.6) is 0 Å². The van der Waals surface area contributed by atoms with Crippen LogP contribution in [0.3, 0.4) is 0 Å². The maximum Gasteiger partial charge on any atom is 0.146 e. The Morgan fingerprint density at radius 1 is 1.33 bits per heavy atom. The molecule has 3 unspecified atom stereocenters. The second-order valence-corrected chi connectivity index (χ2v) is 6.03. The molecule has 2 nitrogen and oxygen atoms in total. The number of hydrogen-bond acceptors (Lipinski definition) is 2. The average molecular weight is 318 g/mol. The number of benzene rings is 1. The predicted octanol–water partition coefficient (Wildman–Crippen LogP) is 2.64. The smallest absolute Gasteiger partial charge is 0.146 e. The van der Waals surface area contributed by atoms with E-state index in [0.717, 1.165) is 19.5 Å². The maximum absolute atomic E-state index is 14.2. The van der Waals surface area contributed by atoms with Gasteiger partial charge in [0.1, 0.15) is 17.2 Å². The molecule has 0 saturated carbocycles. The molecule has 2 aliphatic rings. The molecule has 0 spiro atoms. The fraction of sp³-hybridized carbons (Fsp3) is 0.538. The van der Waals surface area contributed by atoms with E-state index in [0.29, 0.717) is 13.0 Å². The maximum atomic E-state index is 14.2. The van der Waals surface area contributed by atoms with Crippen LogP contribution in [0.15, 0.2) is 16.6 Å². The standard InChI is InChI=1S/C13H14BrF2NO/c14-9-1-2-10(15)11(12(9)16)13(18)4-6-17-5-3-8(13)7-17/h1-2,8,18H,3-7H2. The van der Waals surface area contributed by atoms with Crippen LogP contribution in [0, 0.1) is 17.6 Å². The van der Waals surface area contributed by atoms with E-state index in [1.807, 2.05) is 0 Å². The zero-order chi connectivity index (χ0) is 12.9. The van der Waals surface area contributed by atoms with Crippen molar-refractivity contribution >= 4 is 15.9 Å². The lowest BCUT2D eigenvalue weighted by molar-refractivity contribution is -0.0555. The van der Waals surface area contributed by atoms with E-state index >= 15 is 0 Å². The van der Waals surface area contributed by atoms with Crippen molar-refractivity contribution in [3.05, 3.63) is 33.8 Å². The van der Waals surface area contributed by atoms with Crippen molar-refractivity contribution in [1.82, 2.24) is 4.90 Å². The molecule has 0 aliphatic carbocycles. The number of nitrogens with zero attached hydrogens (tertiary/aromatic N) is 1. The molecule has 0 radical (unpaired) electrons. The molecule has 2 saturated heterocycles. The van der Waals surface area contributed by atoms with Crippen molar-refractivity contribution in [2.75, 3.05) is 19.6 Å². The van der Waals surface area contributed by atoms with Gasteiger partial charge in [-0.3, -0.25) is 0 Å². The Morgan fingerprint density at radius 2 is 2.11 bits per heavy atom. The molecular weight excluding hydrogens is 304 g/mol. The summed E-state index contributed by atoms with van der Waals surface area (Å²) in [5.41, 5.74) is -1.53. The van der Waals surface area contributed by atoms with Gasteiger partial charge in [-0.25, -0.2) is 8.78 Å². The van der Waals surface area contributed by atoms with E-state index in [1.54, 1.807) is 0 Å². The van der Waals surface area contributed by atoms with Crippen LogP contribution in [0.4, 0.5) is 8.78 Å². The first-order valence-electron chi connectivity index (χ1n) is 6.11. The normalized spacial score (nSPS) is 34.9. The quantitative estimate of drug-likeness (QED) is 0.805. The first-order chi connectivity index (χ1) is 8.52. The fourth-order valence-corrected chi connectivity index (χ4v) is 3.54. The van der Waals surface area contributed by atoms with Gasteiger partial charge < -0.3 is 10.0 Å².